The van der Waals surface area contributed by atoms with Crippen LogP contribution in [0.5, 0.6) is 0 Å². The topological polar surface area (TPSA) is 17.1 Å². The van der Waals surface area contributed by atoms with Crippen molar-refractivity contribution in [2.24, 2.45) is 0 Å². The molecule has 0 bridgehead atoms. The van der Waals surface area contributed by atoms with E-state index in [-0.39, 0.29) is 0 Å². The van der Waals surface area contributed by atoms with Gasteiger partial charge in [-0.1, -0.05) is 27.2 Å². The van der Waals surface area contributed by atoms with Crippen molar-refractivity contribution in [1.82, 2.24) is 0 Å². The monoisotopic (exact) mass is 394 g/mol. The fourth-order valence-corrected chi connectivity index (χ4v) is 5.88. The Kier molecular flexibility index (Phi) is 4.32. The van der Waals surface area contributed by atoms with Gasteiger partial charge in [0.25, 0.3) is 0 Å². The van der Waals surface area contributed by atoms with E-state index in [0.717, 1.165) is 13.4 Å². The highest BCUT2D eigenvalue weighted by Crippen LogP contribution is 2.35. The molecule has 1 atom stereocenters. The molecule has 1 unspecified atom stereocenters. The molecule has 0 N–H and O–H groups in total. The molecule has 1 rings (SSSR count). The minimum atomic E-state index is -2.18. The lowest BCUT2D eigenvalue weighted by atomic mass is 10.4. The van der Waals surface area contributed by atoms with Gasteiger partial charge in [-0.15, -0.1) is 0 Å². The second-order valence-corrected chi connectivity index (χ2v) is 6.72. The van der Waals surface area contributed by atoms with E-state index < -0.39 is 7.15 Å². The lowest BCUT2D eigenvalue weighted by Crippen LogP contribution is -1.98. The second-order valence-electron chi connectivity index (χ2n) is 2.02. The molecule has 1 nitrogen and oxygen atoms in total. The molecule has 0 amide bonds. The highest BCUT2D eigenvalue weighted by Gasteiger charge is 2.10. The van der Waals surface area contributed by atoms with E-state index in [9.17, 15) is 4.57 Å². The predicted octanol–water partition coefficient (Wildman–Crippen LogP) is 4.31. The Bertz CT molecular complexity index is 319. The van der Waals surface area contributed by atoms with Gasteiger partial charge in [-0.2, -0.15) is 0 Å². The maximum Gasteiger partial charge on any atom is 0.188 e. The summed E-state index contributed by atoms with van der Waals surface area (Å²) in [7, 11) is -2.18. The van der Waals surface area contributed by atoms with Crippen LogP contribution in [0.15, 0.2) is 25.6 Å². The maximum atomic E-state index is 11.1. The summed E-state index contributed by atoms with van der Waals surface area (Å²) in [5.41, 5.74) is 0. The molecule has 0 aliphatic heterocycles. The number of rotatable bonds is 1. The van der Waals surface area contributed by atoms with Crippen LogP contribution in [-0.2, 0) is 4.57 Å². The summed E-state index contributed by atoms with van der Waals surface area (Å²) in [6, 6.07) is 3.62. The fourth-order valence-electron chi connectivity index (χ4n) is 0.730. The van der Waals surface area contributed by atoms with Gasteiger partial charge in [0.05, 0.1) is 5.30 Å². The smallest absolute Gasteiger partial charge is 0.188 e. The SMILES string of the molecule is O=[PH](Cl)c1c(Br)cc(Br)cc1Br. The molecule has 0 aliphatic rings. The summed E-state index contributed by atoms with van der Waals surface area (Å²) < 4.78 is 13.5. The van der Waals surface area contributed by atoms with Gasteiger partial charge in [-0.3, -0.25) is 0 Å². The largest absolute Gasteiger partial charge is 0.305 e. The van der Waals surface area contributed by atoms with Gasteiger partial charge in [-0.25, -0.2) is 0 Å². The van der Waals surface area contributed by atoms with E-state index >= 15 is 0 Å². The first kappa shape index (κ1) is 11.3. The molecule has 1 aromatic carbocycles. The number of hydrogen-bond donors (Lipinski definition) is 0. The summed E-state index contributed by atoms with van der Waals surface area (Å²) in [6.07, 6.45) is 0. The van der Waals surface area contributed by atoms with Crippen molar-refractivity contribution in [3.05, 3.63) is 25.6 Å². The first-order valence-corrected chi connectivity index (χ1v) is 7.66. The van der Waals surface area contributed by atoms with Gasteiger partial charge in [0.15, 0.2) is 7.15 Å². The minimum absolute atomic E-state index is 0.630. The van der Waals surface area contributed by atoms with Crippen molar-refractivity contribution in [2.75, 3.05) is 0 Å². The Labute approximate surface area is 101 Å². The molecular formula is C6H3Br3ClOP. The van der Waals surface area contributed by atoms with Crippen LogP contribution in [0.3, 0.4) is 0 Å². The normalized spacial score (nSPS) is 13.0. The average Bonchev–Trinajstić information content (AvgIpc) is 1.82. The van der Waals surface area contributed by atoms with Gasteiger partial charge in [0.2, 0.25) is 0 Å². The molecule has 0 heterocycles. The van der Waals surface area contributed by atoms with Crippen LogP contribution in [0.2, 0.25) is 0 Å². The van der Waals surface area contributed by atoms with Crippen LogP contribution in [0.4, 0.5) is 0 Å². The van der Waals surface area contributed by atoms with Crippen LogP contribution >= 0.6 is 66.2 Å². The van der Waals surface area contributed by atoms with Gasteiger partial charge >= 0.3 is 0 Å². The zero-order valence-corrected chi connectivity index (χ0v) is 12.1. The Morgan fingerprint density at radius 3 is 1.92 bits per heavy atom. The van der Waals surface area contributed by atoms with Gasteiger partial charge in [0, 0.05) is 13.4 Å². The van der Waals surface area contributed by atoms with Crippen molar-refractivity contribution < 1.29 is 4.57 Å². The Morgan fingerprint density at radius 2 is 1.58 bits per heavy atom. The third-order valence-electron chi connectivity index (χ3n) is 1.20. The highest BCUT2D eigenvalue weighted by molar-refractivity contribution is 9.11. The van der Waals surface area contributed by atoms with Gasteiger partial charge in [-0.05, 0) is 44.0 Å². The lowest BCUT2D eigenvalue weighted by Gasteiger charge is -2.03. The van der Waals surface area contributed by atoms with Crippen LogP contribution < -0.4 is 5.30 Å². The Hall–Kier alpha value is 1.18. The zero-order chi connectivity index (χ0) is 9.30. The first-order chi connectivity index (χ1) is 5.52. The summed E-state index contributed by atoms with van der Waals surface area (Å²) in [6.45, 7) is 0. The first-order valence-electron chi connectivity index (χ1n) is 2.86. The van der Waals surface area contributed by atoms with Gasteiger partial charge < -0.3 is 4.57 Å². The zero-order valence-electron chi connectivity index (χ0n) is 5.57. The second kappa shape index (κ2) is 4.61. The molecule has 12 heavy (non-hydrogen) atoms. The van der Waals surface area contributed by atoms with Gasteiger partial charge in [0.1, 0.15) is 0 Å². The molecule has 0 fully saturated rings. The van der Waals surface area contributed by atoms with E-state index in [0.29, 0.717) is 5.30 Å². The van der Waals surface area contributed by atoms with E-state index in [1.807, 2.05) is 12.1 Å². The maximum absolute atomic E-state index is 11.1. The summed E-state index contributed by atoms with van der Waals surface area (Å²) in [5, 5.41) is 0.630. The molecule has 1 aromatic rings. The highest BCUT2D eigenvalue weighted by atomic mass is 79.9. The third kappa shape index (κ3) is 2.58. The molecule has 6 heteroatoms. The summed E-state index contributed by atoms with van der Waals surface area (Å²) in [4.78, 5) is 0. The van der Waals surface area contributed by atoms with Crippen molar-refractivity contribution in [3.63, 3.8) is 0 Å². The standard InChI is InChI=1S/C6H3Br3ClOP/c7-3-1-4(8)6(12(10)11)5(9)2-3/h1-2,12H. The quantitative estimate of drug-likeness (QED) is 0.646. The Balaban J connectivity index is 3.38. The van der Waals surface area contributed by atoms with Crippen LogP contribution in [0.25, 0.3) is 0 Å². The number of halogens is 4. The minimum Gasteiger partial charge on any atom is -0.305 e. The molecule has 0 saturated carbocycles. The molecule has 0 aliphatic carbocycles. The summed E-state index contributed by atoms with van der Waals surface area (Å²) >= 11 is 15.4. The van der Waals surface area contributed by atoms with E-state index in [1.165, 1.54) is 0 Å². The predicted molar refractivity (Wildman–Crippen MR) is 64.0 cm³/mol. The van der Waals surface area contributed by atoms with Crippen LogP contribution in [0, 0.1) is 0 Å². The van der Waals surface area contributed by atoms with E-state index in [1.54, 1.807) is 0 Å². The van der Waals surface area contributed by atoms with Crippen molar-refractivity contribution in [1.29, 1.82) is 0 Å². The van der Waals surface area contributed by atoms with Crippen molar-refractivity contribution >= 4 is 71.5 Å². The molecular weight excluding hydrogens is 394 g/mol. The molecule has 0 saturated heterocycles. The third-order valence-corrected chi connectivity index (χ3v) is 5.14. The van der Waals surface area contributed by atoms with Crippen LogP contribution in [0.1, 0.15) is 0 Å². The van der Waals surface area contributed by atoms with Crippen molar-refractivity contribution in [2.45, 2.75) is 0 Å². The van der Waals surface area contributed by atoms with E-state index in [2.05, 4.69) is 47.8 Å². The molecule has 66 valence electrons. The van der Waals surface area contributed by atoms with Crippen molar-refractivity contribution in [3.8, 4) is 0 Å². The number of benzene rings is 1. The lowest BCUT2D eigenvalue weighted by molar-refractivity contribution is 0.600. The molecule has 0 radical (unpaired) electrons. The van der Waals surface area contributed by atoms with E-state index in [4.69, 9.17) is 11.2 Å². The average molecular weight is 397 g/mol. The molecule has 0 aromatic heterocycles. The van der Waals surface area contributed by atoms with Crippen LogP contribution in [-0.4, -0.2) is 0 Å². The Morgan fingerprint density at radius 1 is 1.17 bits per heavy atom. The fraction of sp³-hybridized carbons (Fsp3) is 0. The number of hydrogen-bond acceptors (Lipinski definition) is 1. The summed E-state index contributed by atoms with van der Waals surface area (Å²) in [5.74, 6) is 0. The molecule has 0 spiro atoms.